The molecule has 0 saturated carbocycles. The number of allylic oxidation sites excluding steroid dienone is 1. The average Bonchev–Trinajstić information content (AvgIpc) is 1.93. The highest BCUT2D eigenvalue weighted by Crippen LogP contribution is 2.30. The molecule has 0 aromatic carbocycles. The zero-order valence-electron chi connectivity index (χ0n) is 9.06. The van der Waals surface area contributed by atoms with Gasteiger partial charge in [0.05, 0.1) is 5.92 Å². The van der Waals surface area contributed by atoms with E-state index in [2.05, 4.69) is 10.8 Å². The minimum absolute atomic E-state index is 0.290. The van der Waals surface area contributed by atoms with Gasteiger partial charge >= 0.3 is 16.4 Å². The van der Waals surface area contributed by atoms with Crippen LogP contribution < -0.4 is 0 Å². The second-order valence-electron chi connectivity index (χ2n) is 4.27. The third-order valence-corrected chi connectivity index (χ3v) is 2.29. The van der Waals surface area contributed by atoms with Crippen molar-refractivity contribution in [3.63, 3.8) is 0 Å². The molecule has 0 saturated heterocycles. The quantitative estimate of drug-likeness (QED) is 0.592. The molecule has 6 heteroatoms. The van der Waals surface area contributed by atoms with Crippen LogP contribution in [0.1, 0.15) is 27.2 Å². The van der Waals surface area contributed by atoms with E-state index in [9.17, 15) is 13.2 Å². The molecule has 1 N–H and O–H groups in total. The summed E-state index contributed by atoms with van der Waals surface area (Å²) < 4.78 is 33.0. The van der Waals surface area contributed by atoms with Crippen LogP contribution in [-0.4, -0.2) is 18.9 Å². The van der Waals surface area contributed by atoms with Gasteiger partial charge in [0, 0.05) is 0 Å². The second kappa shape index (κ2) is 4.76. The maximum Gasteiger partial charge on any atom is 0.448 e. The Kier molecular flexibility index (Phi) is 4.48. The summed E-state index contributed by atoms with van der Waals surface area (Å²) in [6, 6.07) is 0. The lowest BCUT2D eigenvalue weighted by atomic mass is 9.79. The summed E-state index contributed by atoms with van der Waals surface area (Å²) in [4.78, 5) is 11.4. The van der Waals surface area contributed by atoms with Crippen LogP contribution in [0.25, 0.3) is 0 Å². The molecule has 0 amide bonds. The van der Waals surface area contributed by atoms with E-state index in [4.69, 9.17) is 4.55 Å². The van der Waals surface area contributed by atoms with Crippen LogP contribution in [-0.2, 0) is 19.4 Å². The van der Waals surface area contributed by atoms with Gasteiger partial charge in [-0.25, -0.2) is 0 Å². The molecule has 0 aromatic heterocycles. The Labute approximate surface area is 90.1 Å². The predicted octanol–water partition coefficient (Wildman–Crippen LogP) is 1.57. The first-order valence-corrected chi connectivity index (χ1v) is 5.76. The van der Waals surface area contributed by atoms with Crippen LogP contribution in [0.15, 0.2) is 12.7 Å². The Hall–Kier alpha value is -0.880. The van der Waals surface area contributed by atoms with Gasteiger partial charge in [-0.2, -0.15) is 8.42 Å². The van der Waals surface area contributed by atoms with Gasteiger partial charge in [-0.3, -0.25) is 9.35 Å². The molecule has 0 aliphatic rings. The maximum atomic E-state index is 11.4. The van der Waals surface area contributed by atoms with E-state index in [0.717, 1.165) is 0 Å². The summed E-state index contributed by atoms with van der Waals surface area (Å²) in [6.45, 7) is 8.78. The molecule has 0 rings (SSSR count). The maximum absolute atomic E-state index is 11.4. The van der Waals surface area contributed by atoms with Crippen LogP contribution in [0.5, 0.6) is 0 Å². The first-order valence-electron chi connectivity index (χ1n) is 4.39. The second-order valence-corrected chi connectivity index (χ2v) is 5.30. The third-order valence-electron chi connectivity index (χ3n) is 1.92. The normalized spacial score (nSPS) is 14.4. The van der Waals surface area contributed by atoms with Gasteiger partial charge < -0.3 is 4.18 Å². The first-order chi connectivity index (χ1) is 6.58. The van der Waals surface area contributed by atoms with E-state index >= 15 is 0 Å². The molecule has 1 unspecified atom stereocenters. The molecule has 0 fully saturated rings. The third kappa shape index (κ3) is 5.54. The fraction of sp³-hybridized carbons (Fsp3) is 0.667. The van der Waals surface area contributed by atoms with Crippen molar-refractivity contribution in [1.29, 1.82) is 0 Å². The molecule has 5 nitrogen and oxygen atoms in total. The zero-order valence-corrected chi connectivity index (χ0v) is 9.87. The van der Waals surface area contributed by atoms with Gasteiger partial charge in [0.15, 0.2) is 0 Å². The summed E-state index contributed by atoms with van der Waals surface area (Å²) in [6.07, 6.45) is 1.79. The van der Waals surface area contributed by atoms with E-state index in [-0.39, 0.29) is 6.42 Å². The molecule has 0 heterocycles. The molecule has 1 atom stereocenters. The SMILES string of the molecule is C=CCC(C(=O)OS(=O)(=O)O)C(C)(C)C. The molecule has 88 valence electrons. The lowest BCUT2D eigenvalue weighted by Crippen LogP contribution is -2.31. The predicted molar refractivity (Wildman–Crippen MR) is 55.4 cm³/mol. The Balaban J connectivity index is 4.80. The highest BCUT2D eigenvalue weighted by molar-refractivity contribution is 7.81. The van der Waals surface area contributed by atoms with Crippen molar-refractivity contribution >= 4 is 16.4 Å². The number of carbonyl (C=O) groups is 1. The van der Waals surface area contributed by atoms with Gasteiger partial charge in [0.25, 0.3) is 0 Å². The monoisotopic (exact) mass is 236 g/mol. The van der Waals surface area contributed by atoms with Crippen LogP contribution in [0.3, 0.4) is 0 Å². The first kappa shape index (κ1) is 14.1. The smallest absolute Gasteiger partial charge is 0.325 e. The van der Waals surface area contributed by atoms with Gasteiger partial charge in [0.2, 0.25) is 0 Å². The molecule has 0 bridgehead atoms. The van der Waals surface area contributed by atoms with E-state index in [1.807, 2.05) is 0 Å². The van der Waals surface area contributed by atoms with Crippen LogP contribution >= 0.6 is 0 Å². The van der Waals surface area contributed by atoms with Crippen molar-refractivity contribution in [3.8, 4) is 0 Å². The Morgan fingerprint density at radius 1 is 1.53 bits per heavy atom. The minimum Gasteiger partial charge on any atom is -0.325 e. The summed E-state index contributed by atoms with van der Waals surface area (Å²) in [5, 5.41) is 0. The van der Waals surface area contributed by atoms with Gasteiger partial charge in [0.1, 0.15) is 0 Å². The largest absolute Gasteiger partial charge is 0.448 e. The topological polar surface area (TPSA) is 80.7 Å². The van der Waals surface area contributed by atoms with Gasteiger partial charge in [-0.1, -0.05) is 26.8 Å². The fourth-order valence-corrected chi connectivity index (χ4v) is 1.46. The van der Waals surface area contributed by atoms with Gasteiger partial charge in [-0.15, -0.1) is 6.58 Å². The summed E-state index contributed by atoms with van der Waals surface area (Å²) in [7, 11) is -4.73. The van der Waals surface area contributed by atoms with Crippen LogP contribution in [0.2, 0.25) is 0 Å². The van der Waals surface area contributed by atoms with Crippen LogP contribution in [0, 0.1) is 11.3 Å². The van der Waals surface area contributed by atoms with Crippen molar-refractivity contribution in [3.05, 3.63) is 12.7 Å². The highest BCUT2D eigenvalue weighted by atomic mass is 32.3. The summed E-state index contributed by atoms with van der Waals surface area (Å²) >= 11 is 0. The van der Waals surface area contributed by atoms with Gasteiger partial charge in [-0.05, 0) is 11.8 Å². The van der Waals surface area contributed by atoms with E-state index in [1.165, 1.54) is 6.08 Å². The van der Waals surface area contributed by atoms with Crippen molar-refractivity contribution in [1.82, 2.24) is 0 Å². The molecule has 0 aromatic rings. The lowest BCUT2D eigenvalue weighted by Gasteiger charge is -2.26. The minimum atomic E-state index is -4.73. The molecule has 0 radical (unpaired) electrons. The van der Waals surface area contributed by atoms with Crippen molar-refractivity contribution in [2.75, 3.05) is 0 Å². The molecular formula is C9H16O5S. The van der Waals surface area contributed by atoms with Crippen molar-refractivity contribution in [2.45, 2.75) is 27.2 Å². The number of hydrogen-bond acceptors (Lipinski definition) is 4. The Morgan fingerprint density at radius 2 is 2.00 bits per heavy atom. The lowest BCUT2D eigenvalue weighted by molar-refractivity contribution is -0.142. The van der Waals surface area contributed by atoms with Crippen molar-refractivity contribution < 1.29 is 21.9 Å². The molecule has 0 aliphatic heterocycles. The van der Waals surface area contributed by atoms with E-state index < -0.39 is 27.7 Å². The zero-order chi connectivity index (χ0) is 12.3. The number of carbonyl (C=O) groups excluding carboxylic acids is 1. The van der Waals surface area contributed by atoms with E-state index in [0.29, 0.717) is 0 Å². The molecule has 0 aliphatic carbocycles. The molecular weight excluding hydrogens is 220 g/mol. The molecule has 15 heavy (non-hydrogen) atoms. The summed E-state index contributed by atoms with van der Waals surface area (Å²) in [5.74, 6) is -1.62. The number of rotatable bonds is 4. The number of hydrogen-bond donors (Lipinski definition) is 1. The van der Waals surface area contributed by atoms with Crippen molar-refractivity contribution in [2.24, 2.45) is 11.3 Å². The van der Waals surface area contributed by atoms with Crippen LogP contribution in [0.4, 0.5) is 0 Å². The fourth-order valence-electron chi connectivity index (χ4n) is 1.13. The standard InChI is InChI=1S/C9H16O5S/c1-5-6-7(9(2,3)4)8(10)14-15(11,12)13/h5,7H,1,6H2,2-4H3,(H,11,12,13). The van der Waals surface area contributed by atoms with E-state index in [1.54, 1.807) is 20.8 Å². The average molecular weight is 236 g/mol. The Morgan fingerprint density at radius 3 is 2.27 bits per heavy atom. The molecule has 0 spiro atoms. The Bertz CT molecular complexity index is 336. The summed E-state index contributed by atoms with van der Waals surface area (Å²) in [5.41, 5.74) is -0.462. The highest BCUT2D eigenvalue weighted by Gasteiger charge is 2.33.